The highest BCUT2D eigenvalue weighted by Gasteiger charge is 2.29. The zero-order valence-electron chi connectivity index (χ0n) is 12.7. The summed E-state index contributed by atoms with van der Waals surface area (Å²) in [7, 11) is 1.50. The summed E-state index contributed by atoms with van der Waals surface area (Å²) in [5.41, 5.74) is 4.50. The minimum absolute atomic E-state index is 1.04. The Bertz CT molecular complexity index is 150. The topological polar surface area (TPSA) is 26.0 Å². The second-order valence-corrected chi connectivity index (χ2v) is 5.32. The second kappa shape index (κ2) is 11.1. The van der Waals surface area contributed by atoms with Gasteiger partial charge in [0.25, 0.3) is 0 Å². The van der Waals surface area contributed by atoms with E-state index in [2.05, 4.69) is 12.7 Å². The fourth-order valence-electron chi connectivity index (χ4n) is 3.61. The Kier molecular flexibility index (Phi) is 11.0. The summed E-state index contributed by atoms with van der Waals surface area (Å²) in [6.45, 7) is 6.50. The minimum Gasteiger partial charge on any atom is -0.333 e. The lowest BCUT2D eigenvalue weighted by atomic mass is 9.69. The highest BCUT2D eigenvalue weighted by Crippen LogP contribution is 2.41. The Morgan fingerprint density at radius 3 is 1.71 bits per heavy atom. The van der Waals surface area contributed by atoms with E-state index in [0.29, 0.717) is 0 Å². The monoisotopic (exact) mass is 241 g/mol. The molecule has 104 valence electrons. The first-order valence-corrected chi connectivity index (χ1v) is 7.95. The third-order valence-electron chi connectivity index (χ3n) is 4.43. The van der Waals surface area contributed by atoms with Gasteiger partial charge in [-0.05, 0) is 31.2 Å². The maximum absolute atomic E-state index is 4.50. The van der Waals surface area contributed by atoms with Crippen molar-refractivity contribution in [1.82, 2.24) is 0 Å². The van der Waals surface area contributed by atoms with Crippen LogP contribution in [0.15, 0.2) is 0 Å². The molecule has 0 saturated heterocycles. The quantitative estimate of drug-likeness (QED) is 0.687. The average molecular weight is 241 g/mol. The van der Waals surface area contributed by atoms with Crippen molar-refractivity contribution >= 4 is 0 Å². The molecule has 0 spiro atoms. The van der Waals surface area contributed by atoms with Crippen molar-refractivity contribution in [1.29, 1.82) is 0 Å². The third kappa shape index (κ3) is 5.90. The van der Waals surface area contributed by atoms with Gasteiger partial charge in [-0.15, -0.1) is 0 Å². The number of hydrogen-bond acceptors (Lipinski definition) is 1. The molecule has 1 heteroatoms. The smallest absolute Gasteiger partial charge is 0.0195 e. The molecule has 0 heterocycles. The molecule has 0 amide bonds. The molecule has 0 aromatic heterocycles. The van der Waals surface area contributed by atoms with Crippen LogP contribution in [-0.4, -0.2) is 7.05 Å². The Balaban J connectivity index is 0.000000581. The summed E-state index contributed by atoms with van der Waals surface area (Å²) < 4.78 is 0. The fourth-order valence-corrected chi connectivity index (χ4v) is 3.61. The van der Waals surface area contributed by atoms with Gasteiger partial charge in [-0.1, -0.05) is 72.1 Å². The van der Waals surface area contributed by atoms with E-state index in [1.165, 1.54) is 45.6 Å². The summed E-state index contributed by atoms with van der Waals surface area (Å²) in [6, 6.07) is 0. The first-order valence-electron chi connectivity index (χ1n) is 7.95. The molecule has 0 aliphatic heterocycles. The maximum Gasteiger partial charge on any atom is -0.0195 e. The maximum atomic E-state index is 4.50. The standard InChI is InChI=1S/C13H24.C2H6.CH5N/c1-11-7-5-6-10-13(11)12-8-3-2-4-9-12;2*1-2/h11-13H,2-10H2,1H3;1-2H3;2H2,1H3. The molecule has 2 aliphatic rings. The van der Waals surface area contributed by atoms with Crippen LogP contribution in [0.25, 0.3) is 0 Å². The zero-order chi connectivity index (χ0) is 13.1. The molecule has 0 aromatic carbocycles. The van der Waals surface area contributed by atoms with Crippen LogP contribution in [0, 0.1) is 17.8 Å². The largest absolute Gasteiger partial charge is 0.333 e. The predicted octanol–water partition coefficient (Wildman–Crippen LogP) is 4.99. The molecule has 0 radical (unpaired) electrons. The van der Waals surface area contributed by atoms with Crippen molar-refractivity contribution < 1.29 is 0 Å². The van der Waals surface area contributed by atoms with Crippen LogP contribution < -0.4 is 5.73 Å². The lowest BCUT2D eigenvalue weighted by molar-refractivity contribution is 0.140. The van der Waals surface area contributed by atoms with Crippen LogP contribution in [0.5, 0.6) is 0 Å². The van der Waals surface area contributed by atoms with Gasteiger partial charge in [0.05, 0.1) is 0 Å². The van der Waals surface area contributed by atoms with E-state index in [1.54, 1.807) is 19.3 Å². The van der Waals surface area contributed by atoms with E-state index in [-0.39, 0.29) is 0 Å². The first-order chi connectivity index (χ1) is 8.38. The Morgan fingerprint density at radius 1 is 0.706 bits per heavy atom. The van der Waals surface area contributed by atoms with E-state index < -0.39 is 0 Å². The summed E-state index contributed by atoms with van der Waals surface area (Å²) in [5, 5.41) is 0. The van der Waals surface area contributed by atoms with Gasteiger partial charge in [0, 0.05) is 0 Å². The number of rotatable bonds is 1. The van der Waals surface area contributed by atoms with E-state index >= 15 is 0 Å². The molecule has 2 N–H and O–H groups in total. The predicted molar refractivity (Wildman–Crippen MR) is 79.2 cm³/mol. The van der Waals surface area contributed by atoms with Gasteiger partial charge in [-0.2, -0.15) is 0 Å². The molecule has 2 rings (SSSR count). The lowest BCUT2D eigenvalue weighted by Crippen LogP contribution is -2.26. The van der Waals surface area contributed by atoms with Crippen molar-refractivity contribution in [2.24, 2.45) is 23.5 Å². The van der Waals surface area contributed by atoms with Crippen LogP contribution in [0.1, 0.15) is 78.6 Å². The number of nitrogens with two attached hydrogens (primary N) is 1. The van der Waals surface area contributed by atoms with Crippen molar-refractivity contribution in [3.05, 3.63) is 0 Å². The molecule has 2 aliphatic carbocycles. The van der Waals surface area contributed by atoms with Crippen LogP contribution in [0.2, 0.25) is 0 Å². The Labute approximate surface area is 110 Å². The molecule has 2 atom stereocenters. The average Bonchev–Trinajstić information content (AvgIpc) is 2.45. The molecule has 17 heavy (non-hydrogen) atoms. The van der Waals surface area contributed by atoms with Gasteiger partial charge < -0.3 is 5.73 Å². The Morgan fingerprint density at radius 2 is 1.18 bits per heavy atom. The van der Waals surface area contributed by atoms with E-state index in [9.17, 15) is 0 Å². The lowest BCUT2D eigenvalue weighted by Gasteiger charge is -2.37. The minimum atomic E-state index is 1.04. The zero-order valence-corrected chi connectivity index (χ0v) is 12.7. The van der Waals surface area contributed by atoms with Crippen molar-refractivity contribution in [3.8, 4) is 0 Å². The molecule has 2 saturated carbocycles. The van der Waals surface area contributed by atoms with Gasteiger partial charge in [-0.25, -0.2) is 0 Å². The molecule has 2 fully saturated rings. The van der Waals surface area contributed by atoms with Gasteiger partial charge in [0.15, 0.2) is 0 Å². The van der Waals surface area contributed by atoms with Crippen molar-refractivity contribution in [3.63, 3.8) is 0 Å². The molecular formula is C16H35N. The van der Waals surface area contributed by atoms with E-state index in [0.717, 1.165) is 17.8 Å². The van der Waals surface area contributed by atoms with Crippen molar-refractivity contribution in [2.45, 2.75) is 78.6 Å². The number of hydrogen-bond donors (Lipinski definition) is 1. The van der Waals surface area contributed by atoms with Gasteiger partial charge in [-0.3, -0.25) is 0 Å². The SMILES string of the molecule is CC.CC1CCCCC1C1CCCCC1.CN. The highest BCUT2D eigenvalue weighted by molar-refractivity contribution is 4.80. The summed E-state index contributed by atoms with van der Waals surface area (Å²) in [5.74, 6) is 3.26. The van der Waals surface area contributed by atoms with Gasteiger partial charge in [0.2, 0.25) is 0 Å². The summed E-state index contributed by atoms with van der Waals surface area (Å²) in [6.07, 6.45) is 13.7. The van der Waals surface area contributed by atoms with Crippen LogP contribution in [0.3, 0.4) is 0 Å². The van der Waals surface area contributed by atoms with Crippen LogP contribution in [0.4, 0.5) is 0 Å². The van der Waals surface area contributed by atoms with E-state index in [1.807, 2.05) is 13.8 Å². The summed E-state index contributed by atoms with van der Waals surface area (Å²) >= 11 is 0. The Hall–Kier alpha value is -0.0400. The summed E-state index contributed by atoms with van der Waals surface area (Å²) in [4.78, 5) is 0. The molecule has 1 nitrogen and oxygen atoms in total. The molecule has 0 bridgehead atoms. The third-order valence-corrected chi connectivity index (χ3v) is 4.43. The van der Waals surface area contributed by atoms with Gasteiger partial charge >= 0.3 is 0 Å². The first kappa shape index (κ1) is 17.0. The molecule has 2 unspecified atom stereocenters. The van der Waals surface area contributed by atoms with Crippen LogP contribution in [-0.2, 0) is 0 Å². The van der Waals surface area contributed by atoms with Crippen molar-refractivity contribution in [2.75, 3.05) is 7.05 Å². The highest BCUT2D eigenvalue weighted by atomic mass is 14.4. The van der Waals surface area contributed by atoms with E-state index in [4.69, 9.17) is 0 Å². The second-order valence-electron chi connectivity index (χ2n) is 5.32. The molecule has 0 aromatic rings. The normalized spacial score (nSPS) is 29.5. The fraction of sp³-hybridized carbons (Fsp3) is 1.00. The molecular weight excluding hydrogens is 206 g/mol. The van der Waals surface area contributed by atoms with Crippen LogP contribution >= 0.6 is 0 Å². The van der Waals surface area contributed by atoms with Gasteiger partial charge in [0.1, 0.15) is 0 Å².